The first-order valence-electron chi connectivity index (χ1n) is 7.25. The van der Waals surface area contributed by atoms with Crippen LogP contribution in [0.1, 0.15) is 5.56 Å². The summed E-state index contributed by atoms with van der Waals surface area (Å²) < 4.78 is 43.4. The lowest BCUT2D eigenvalue weighted by Gasteiger charge is -2.12. The number of ether oxygens (including phenoxy) is 1. The number of alkyl halides is 3. The molecule has 0 N–H and O–H groups in total. The lowest BCUT2D eigenvalue weighted by Crippen LogP contribution is -2.03. The van der Waals surface area contributed by atoms with E-state index in [1.807, 2.05) is 24.3 Å². The Hall–Kier alpha value is -2.82. The molecule has 0 bridgehead atoms. The standard InChI is InChI=1S/C19H14F3NO/c1-24-18-9-6-14(11-17(18)15-3-2-10-23-12-15)13-4-7-16(8-5-13)19(20,21)22/h2-12H,1H3. The third kappa shape index (κ3) is 3.25. The molecule has 3 aromatic rings. The fourth-order valence-corrected chi connectivity index (χ4v) is 2.49. The number of halogens is 3. The molecular formula is C19H14F3NO. The fourth-order valence-electron chi connectivity index (χ4n) is 2.49. The lowest BCUT2D eigenvalue weighted by molar-refractivity contribution is -0.137. The van der Waals surface area contributed by atoms with Gasteiger partial charge in [-0.05, 0) is 41.5 Å². The molecule has 5 heteroatoms. The molecule has 1 heterocycles. The van der Waals surface area contributed by atoms with E-state index in [0.717, 1.165) is 28.8 Å². The number of benzene rings is 2. The van der Waals surface area contributed by atoms with E-state index in [9.17, 15) is 13.2 Å². The van der Waals surface area contributed by atoms with Gasteiger partial charge in [-0.15, -0.1) is 0 Å². The number of hydrogen-bond donors (Lipinski definition) is 0. The van der Waals surface area contributed by atoms with E-state index in [1.54, 1.807) is 25.6 Å². The van der Waals surface area contributed by atoms with Crippen LogP contribution in [0.3, 0.4) is 0 Å². The Labute approximate surface area is 137 Å². The molecule has 0 saturated carbocycles. The Bertz CT molecular complexity index is 827. The number of rotatable bonds is 3. The zero-order valence-electron chi connectivity index (χ0n) is 12.8. The van der Waals surface area contributed by atoms with E-state index < -0.39 is 11.7 Å². The van der Waals surface area contributed by atoms with Crippen molar-refractivity contribution in [3.8, 4) is 28.0 Å². The van der Waals surface area contributed by atoms with E-state index in [-0.39, 0.29) is 0 Å². The van der Waals surface area contributed by atoms with Gasteiger partial charge in [-0.3, -0.25) is 4.98 Å². The van der Waals surface area contributed by atoms with Crippen LogP contribution in [0, 0.1) is 0 Å². The molecule has 1 aromatic heterocycles. The van der Waals surface area contributed by atoms with Crippen LogP contribution in [0.5, 0.6) is 5.75 Å². The van der Waals surface area contributed by atoms with Gasteiger partial charge in [-0.25, -0.2) is 0 Å². The van der Waals surface area contributed by atoms with Crippen LogP contribution in [0.4, 0.5) is 13.2 Å². The van der Waals surface area contributed by atoms with Gasteiger partial charge in [0.25, 0.3) is 0 Å². The molecule has 0 amide bonds. The van der Waals surface area contributed by atoms with Crippen LogP contribution >= 0.6 is 0 Å². The third-order valence-electron chi connectivity index (χ3n) is 3.72. The Morgan fingerprint density at radius 3 is 2.17 bits per heavy atom. The minimum absolute atomic E-state index is 0.660. The van der Waals surface area contributed by atoms with Gasteiger partial charge in [0.2, 0.25) is 0 Å². The van der Waals surface area contributed by atoms with Gasteiger partial charge in [0.1, 0.15) is 5.75 Å². The summed E-state index contributed by atoms with van der Waals surface area (Å²) in [6, 6.07) is 14.3. The molecule has 0 aliphatic rings. The summed E-state index contributed by atoms with van der Waals surface area (Å²) >= 11 is 0. The summed E-state index contributed by atoms with van der Waals surface area (Å²) in [6.07, 6.45) is -0.941. The molecule has 0 saturated heterocycles. The molecule has 2 aromatic carbocycles. The summed E-state index contributed by atoms with van der Waals surface area (Å²) in [5, 5.41) is 0. The summed E-state index contributed by atoms with van der Waals surface area (Å²) in [7, 11) is 1.58. The van der Waals surface area contributed by atoms with Gasteiger partial charge in [-0.1, -0.05) is 24.3 Å². The monoisotopic (exact) mass is 329 g/mol. The minimum Gasteiger partial charge on any atom is -0.496 e. The maximum Gasteiger partial charge on any atom is 0.416 e. The van der Waals surface area contributed by atoms with Crippen LogP contribution in [-0.4, -0.2) is 12.1 Å². The zero-order valence-corrected chi connectivity index (χ0v) is 12.8. The molecule has 0 aliphatic carbocycles. The van der Waals surface area contributed by atoms with Gasteiger partial charge in [-0.2, -0.15) is 13.2 Å². The van der Waals surface area contributed by atoms with Crippen molar-refractivity contribution in [3.05, 3.63) is 72.6 Å². The predicted molar refractivity (Wildman–Crippen MR) is 86.7 cm³/mol. The molecule has 0 spiro atoms. The Morgan fingerprint density at radius 2 is 1.58 bits per heavy atom. The predicted octanol–water partition coefficient (Wildman–Crippen LogP) is 5.44. The van der Waals surface area contributed by atoms with Crippen molar-refractivity contribution in [2.24, 2.45) is 0 Å². The number of aromatic nitrogens is 1. The van der Waals surface area contributed by atoms with Gasteiger partial charge >= 0.3 is 6.18 Å². The van der Waals surface area contributed by atoms with E-state index in [0.29, 0.717) is 11.3 Å². The quantitative estimate of drug-likeness (QED) is 0.638. The van der Waals surface area contributed by atoms with Gasteiger partial charge in [0, 0.05) is 23.5 Å². The molecule has 0 fully saturated rings. The molecule has 3 rings (SSSR count). The molecule has 0 unspecified atom stereocenters. The number of methoxy groups -OCH3 is 1. The molecule has 0 aliphatic heterocycles. The number of pyridine rings is 1. The number of nitrogens with zero attached hydrogens (tertiary/aromatic N) is 1. The van der Waals surface area contributed by atoms with Gasteiger partial charge in [0.05, 0.1) is 12.7 Å². The fraction of sp³-hybridized carbons (Fsp3) is 0.105. The first-order chi connectivity index (χ1) is 11.5. The van der Waals surface area contributed by atoms with Crippen molar-refractivity contribution in [2.75, 3.05) is 7.11 Å². The maximum absolute atomic E-state index is 12.7. The van der Waals surface area contributed by atoms with Crippen LogP contribution in [0.15, 0.2) is 67.0 Å². The van der Waals surface area contributed by atoms with Crippen molar-refractivity contribution >= 4 is 0 Å². The molecule has 122 valence electrons. The second kappa shape index (κ2) is 6.35. The maximum atomic E-state index is 12.7. The van der Waals surface area contributed by atoms with Gasteiger partial charge in [0.15, 0.2) is 0 Å². The Morgan fingerprint density at radius 1 is 0.875 bits per heavy atom. The Kier molecular flexibility index (Phi) is 4.25. The Balaban J connectivity index is 2.03. The van der Waals surface area contributed by atoms with Crippen molar-refractivity contribution in [3.63, 3.8) is 0 Å². The normalized spacial score (nSPS) is 11.3. The average molecular weight is 329 g/mol. The highest BCUT2D eigenvalue weighted by molar-refractivity contribution is 5.77. The lowest BCUT2D eigenvalue weighted by atomic mass is 9.98. The van der Waals surface area contributed by atoms with Crippen LogP contribution in [0.25, 0.3) is 22.3 Å². The van der Waals surface area contributed by atoms with Crippen molar-refractivity contribution in [1.29, 1.82) is 0 Å². The summed E-state index contributed by atoms with van der Waals surface area (Å²) in [5.41, 5.74) is 2.57. The SMILES string of the molecule is COc1ccc(-c2ccc(C(F)(F)F)cc2)cc1-c1cccnc1. The summed E-state index contributed by atoms with van der Waals surface area (Å²) in [6.45, 7) is 0. The molecular weight excluding hydrogens is 315 g/mol. The first-order valence-corrected chi connectivity index (χ1v) is 7.25. The van der Waals surface area contributed by atoms with Crippen molar-refractivity contribution in [2.45, 2.75) is 6.18 Å². The second-order valence-corrected chi connectivity index (χ2v) is 5.23. The third-order valence-corrected chi connectivity index (χ3v) is 3.72. The highest BCUT2D eigenvalue weighted by Gasteiger charge is 2.29. The highest BCUT2D eigenvalue weighted by Crippen LogP contribution is 2.35. The van der Waals surface area contributed by atoms with Gasteiger partial charge < -0.3 is 4.74 Å². The smallest absolute Gasteiger partial charge is 0.416 e. The van der Waals surface area contributed by atoms with Crippen LogP contribution in [0.2, 0.25) is 0 Å². The van der Waals surface area contributed by atoms with E-state index in [1.165, 1.54) is 12.1 Å². The van der Waals surface area contributed by atoms with Crippen molar-refractivity contribution in [1.82, 2.24) is 4.98 Å². The molecule has 2 nitrogen and oxygen atoms in total. The average Bonchev–Trinajstić information content (AvgIpc) is 2.61. The number of hydrogen-bond acceptors (Lipinski definition) is 2. The van der Waals surface area contributed by atoms with Crippen LogP contribution in [-0.2, 0) is 6.18 Å². The minimum atomic E-state index is -4.33. The second-order valence-electron chi connectivity index (χ2n) is 5.23. The van der Waals surface area contributed by atoms with E-state index >= 15 is 0 Å². The molecule has 24 heavy (non-hydrogen) atoms. The summed E-state index contributed by atoms with van der Waals surface area (Å²) in [4.78, 5) is 4.10. The largest absolute Gasteiger partial charge is 0.496 e. The van der Waals surface area contributed by atoms with E-state index in [4.69, 9.17) is 4.74 Å². The summed E-state index contributed by atoms with van der Waals surface area (Å²) in [5.74, 6) is 0.679. The zero-order chi connectivity index (χ0) is 17.2. The van der Waals surface area contributed by atoms with Crippen LogP contribution < -0.4 is 4.74 Å². The first kappa shape index (κ1) is 16.1. The highest BCUT2D eigenvalue weighted by atomic mass is 19.4. The van der Waals surface area contributed by atoms with E-state index in [2.05, 4.69) is 4.98 Å². The van der Waals surface area contributed by atoms with Crippen molar-refractivity contribution < 1.29 is 17.9 Å². The molecule has 0 radical (unpaired) electrons. The topological polar surface area (TPSA) is 22.1 Å². The molecule has 0 atom stereocenters.